The average molecular weight is 189 g/mol. The predicted octanol–water partition coefficient (Wildman–Crippen LogP) is 2.17. The summed E-state index contributed by atoms with van der Waals surface area (Å²) in [6.07, 6.45) is 3.96. The minimum atomic E-state index is 0.576. The fraction of sp³-hybridized carbons (Fsp3) is 0.636. The van der Waals surface area contributed by atoms with E-state index in [-0.39, 0.29) is 0 Å². The van der Waals surface area contributed by atoms with Gasteiger partial charge in [-0.15, -0.1) is 0 Å². The van der Waals surface area contributed by atoms with Crippen molar-refractivity contribution in [3.05, 3.63) is 17.2 Å². The standard InChI is InChI=1S/C11H15N3/c1-8-9(2)14(11(6-12)13-8)7-10-4-3-5-10/h10H,3-5,7H2,1-2H3. The van der Waals surface area contributed by atoms with Crippen LogP contribution in [0.3, 0.4) is 0 Å². The van der Waals surface area contributed by atoms with E-state index in [2.05, 4.69) is 15.6 Å². The smallest absolute Gasteiger partial charge is 0.213 e. The van der Waals surface area contributed by atoms with Crippen molar-refractivity contribution in [1.82, 2.24) is 9.55 Å². The van der Waals surface area contributed by atoms with Crippen LogP contribution in [0.5, 0.6) is 0 Å². The first-order valence-corrected chi connectivity index (χ1v) is 5.16. The summed E-state index contributed by atoms with van der Waals surface area (Å²) in [6, 6.07) is 2.16. The summed E-state index contributed by atoms with van der Waals surface area (Å²) >= 11 is 0. The van der Waals surface area contributed by atoms with Gasteiger partial charge in [-0.1, -0.05) is 6.42 Å². The van der Waals surface area contributed by atoms with Gasteiger partial charge in [0.05, 0.1) is 5.69 Å². The van der Waals surface area contributed by atoms with E-state index in [4.69, 9.17) is 5.26 Å². The van der Waals surface area contributed by atoms with Crippen LogP contribution in [0.4, 0.5) is 0 Å². The summed E-state index contributed by atoms with van der Waals surface area (Å²) in [7, 11) is 0. The van der Waals surface area contributed by atoms with Crippen LogP contribution in [0.25, 0.3) is 0 Å². The summed E-state index contributed by atoms with van der Waals surface area (Å²) in [5.41, 5.74) is 2.13. The molecule has 1 aliphatic rings. The molecule has 0 amide bonds. The molecule has 14 heavy (non-hydrogen) atoms. The number of hydrogen-bond donors (Lipinski definition) is 0. The molecule has 0 saturated heterocycles. The zero-order chi connectivity index (χ0) is 10.1. The van der Waals surface area contributed by atoms with Crippen molar-refractivity contribution in [3.63, 3.8) is 0 Å². The van der Waals surface area contributed by atoms with Crippen LogP contribution in [0.2, 0.25) is 0 Å². The van der Waals surface area contributed by atoms with Crippen LogP contribution in [0.15, 0.2) is 0 Å². The minimum absolute atomic E-state index is 0.576. The van der Waals surface area contributed by atoms with Crippen molar-refractivity contribution in [2.75, 3.05) is 0 Å². The summed E-state index contributed by atoms with van der Waals surface area (Å²) in [5, 5.41) is 8.93. The van der Waals surface area contributed by atoms with E-state index in [0.717, 1.165) is 23.9 Å². The van der Waals surface area contributed by atoms with Crippen LogP contribution in [0, 0.1) is 31.1 Å². The number of nitriles is 1. The number of nitrogens with zero attached hydrogens (tertiary/aromatic N) is 3. The molecule has 3 heteroatoms. The van der Waals surface area contributed by atoms with Crippen molar-refractivity contribution in [2.45, 2.75) is 39.7 Å². The summed E-state index contributed by atoms with van der Waals surface area (Å²) in [6.45, 7) is 4.99. The molecule has 0 aliphatic heterocycles. The lowest BCUT2D eigenvalue weighted by molar-refractivity contribution is 0.274. The molecule has 0 aromatic carbocycles. The molecule has 1 aliphatic carbocycles. The summed E-state index contributed by atoms with van der Waals surface area (Å²) < 4.78 is 2.07. The number of rotatable bonds is 2. The third-order valence-corrected chi connectivity index (χ3v) is 3.22. The number of aryl methyl sites for hydroxylation is 1. The van der Waals surface area contributed by atoms with Crippen LogP contribution >= 0.6 is 0 Å². The maximum Gasteiger partial charge on any atom is 0.213 e. The van der Waals surface area contributed by atoms with Crippen LogP contribution in [0.1, 0.15) is 36.5 Å². The Hall–Kier alpha value is -1.30. The first-order chi connectivity index (χ1) is 6.72. The van der Waals surface area contributed by atoms with E-state index in [1.54, 1.807) is 0 Å². The SMILES string of the molecule is Cc1nc(C#N)n(CC2CCC2)c1C. The van der Waals surface area contributed by atoms with E-state index < -0.39 is 0 Å². The highest BCUT2D eigenvalue weighted by atomic mass is 15.1. The van der Waals surface area contributed by atoms with Gasteiger partial charge >= 0.3 is 0 Å². The van der Waals surface area contributed by atoms with Gasteiger partial charge in [0, 0.05) is 12.2 Å². The average Bonchev–Trinajstić information content (AvgIpc) is 2.37. The van der Waals surface area contributed by atoms with Gasteiger partial charge in [0.15, 0.2) is 0 Å². The Morgan fingerprint density at radius 2 is 2.21 bits per heavy atom. The Bertz CT molecular complexity index is 380. The molecule has 2 rings (SSSR count). The second kappa shape index (κ2) is 3.45. The van der Waals surface area contributed by atoms with E-state index >= 15 is 0 Å². The zero-order valence-electron chi connectivity index (χ0n) is 8.75. The van der Waals surface area contributed by atoms with Gasteiger partial charge < -0.3 is 4.57 Å². The van der Waals surface area contributed by atoms with E-state index in [0.29, 0.717) is 5.82 Å². The van der Waals surface area contributed by atoms with Gasteiger partial charge in [0.25, 0.3) is 0 Å². The highest BCUT2D eigenvalue weighted by molar-refractivity contribution is 5.22. The van der Waals surface area contributed by atoms with Gasteiger partial charge in [-0.2, -0.15) is 5.26 Å². The molecule has 0 spiro atoms. The van der Waals surface area contributed by atoms with Crippen LogP contribution in [-0.2, 0) is 6.54 Å². The molecule has 1 saturated carbocycles. The van der Waals surface area contributed by atoms with Crippen molar-refractivity contribution < 1.29 is 0 Å². The van der Waals surface area contributed by atoms with E-state index in [1.165, 1.54) is 19.3 Å². The number of aromatic nitrogens is 2. The summed E-state index contributed by atoms with van der Waals surface area (Å²) in [5.74, 6) is 1.35. The second-order valence-corrected chi connectivity index (χ2v) is 4.13. The Morgan fingerprint density at radius 1 is 1.50 bits per heavy atom. The normalized spacial score (nSPS) is 16.4. The quantitative estimate of drug-likeness (QED) is 0.715. The molecular formula is C11H15N3. The molecule has 0 atom stereocenters. The Balaban J connectivity index is 2.25. The monoisotopic (exact) mass is 189 g/mol. The largest absolute Gasteiger partial charge is 0.319 e. The van der Waals surface area contributed by atoms with Gasteiger partial charge in [0.1, 0.15) is 6.07 Å². The van der Waals surface area contributed by atoms with Gasteiger partial charge in [0.2, 0.25) is 5.82 Å². The molecular weight excluding hydrogens is 174 g/mol. The Labute approximate surface area is 84.4 Å². The van der Waals surface area contributed by atoms with Crippen molar-refractivity contribution >= 4 is 0 Å². The molecule has 1 fully saturated rings. The molecule has 0 bridgehead atoms. The van der Waals surface area contributed by atoms with Crippen molar-refractivity contribution in [2.24, 2.45) is 5.92 Å². The number of imidazole rings is 1. The lowest BCUT2D eigenvalue weighted by Crippen LogP contribution is -2.19. The molecule has 3 nitrogen and oxygen atoms in total. The number of hydrogen-bond acceptors (Lipinski definition) is 2. The highest BCUT2D eigenvalue weighted by Crippen LogP contribution is 2.29. The van der Waals surface area contributed by atoms with Crippen LogP contribution < -0.4 is 0 Å². The van der Waals surface area contributed by atoms with Crippen molar-refractivity contribution in [1.29, 1.82) is 5.26 Å². The van der Waals surface area contributed by atoms with E-state index in [9.17, 15) is 0 Å². The molecule has 1 heterocycles. The fourth-order valence-corrected chi connectivity index (χ4v) is 1.90. The second-order valence-electron chi connectivity index (χ2n) is 4.13. The predicted molar refractivity (Wildman–Crippen MR) is 53.8 cm³/mol. The first-order valence-electron chi connectivity index (χ1n) is 5.16. The van der Waals surface area contributed by atoms with Crippen molar-refractivity contribution in [3.8, 4) is 6.07 Å². The Morgan fingerprint density at radius 3 is 2.71 bits per heavy atom. The molecule has 1 aromatic heterocycles. The Kier molecular flexibility index (Phi) is 2.28. The first kappa shape index (κ1) is 9.26. The molecule has 1 aromatic rings. The third kappa shape index (κ3) is 1.41. The van der Waals surface area contributed by atoms with E-state index in [1.807, 2.05) is 13.8 Å². The highest BCUT2D eigenvalue weighted by Gasteiger charge is 2.20. The molecule has 0 N–H and O–H groups in total. The maximum atomic E-state index is 8.93. The lowest BCUT2D eigenvalue weighted by Gasteiger charge is -2.26. The minimum Gasteiger partial charge on any atom is -0.319 e. The lowest BCUT2D eigenvalue weighted by atomic mass is 9.85. The molecule has 0 unspecified atom stereocenters. The zero-order valence-corrected chi connectivity index (χ0v) is 8.75. The van der Waals surface area contributed by atoms with Gasteiger partial charge in [-0.05, 0) is 32.6 Å². The molecule has 74 valence electrons. The third-order valence-electron chi connectivity index (χ3n) is 3.22. The topological polar surface area (TPSA) is 41.6 Å². The summed E-state index contributed by atoms with van der Waals surface area (Å²) in [4.78, 5) is 4.24. The van der Waals surface area contributed by atoms with Crippen LogP contribution in [-0.4, -0.2) is 9.55 Å². The fourth-order valence-electron chi connectivity index (χ4n) is 1.90. The maximum absolute atomic E-state index is 8.93. The van der Waals surface area contributed by atoms with Gasteiger partial charge in [-0.3, -0.25) is 0 Å². The molecule has 0 radical (unpaired) electrons. The van der Waals surface area contributed by atoms with Gasteiger partial charge in [-0.25, -0.2) is 4.98 Å².